The molecule has 0 amide bonds. The largest absolute Gasteiger partial charge is 0.461 e. The first-order chi connectivity index (χ1) is 8.58. The smallest absolute Gasteiger partial charge is 0.339 e. The minimum Gasteiger partial charge on any atom is -0.461 e. The van der Waals surface area contributed by atoms with Gasteiger partial charge in [0.05, 0.1) is 10.6 Å². The molecule has 0 unspecified atom stereocenters. The molecule has 0 spiro atoms. The molecule has 0 bridgehead atoms. The summed E-state index contributed by atoms with van der Waals surface area (Å²) < 4.78 is 5.18. The minimum absolute atomic E-state index is 0. The van der Waals surface area contributed by atoms with Crippen LogP contribution in [0.2, 0.25) is 5.02 Å². The van der Waals surface area contributed by atoms with Gasteiger partial charge in [0.15, 0.2) is 0 Å². The molecule has 2 N–H and O–H groups in total. The minimum atomic E-state index is -0.410. The number of likely N-dealkylation sites (N-methyl/N-ethyl adjacent to an activating group) is 1. The molecule has 1 aromatic carbocycles. The van der Waals surface area contributed by atoms with E-state index in [2.05, 4.69) is 18.7 Å². The van der Waals surface area contributed by atoms with Gasteiger partial charge in [-0.25, -0.2) is 4.79 Å². The molecule has 0 fully saturated rings. The zero-order chi connectivity index (χ0) is 13.5. The highest BCUT2D eigenvalue weighted by Crippen LogP contribution is 2.19. The average molecular weight is 307 g/mol. The van der Waals surface area contributed by atoms with Gasteiger partial charge in [0.2, 0.25) is 0 Å². The number of hydrogen-bond donors (Lipinski definition) is 1. The number of carbonyl (C=O) groups excluding carboxylic acids is 1. The zero-order valence-electron chi connectivity index (χ0n) is 11.2. The Kier molecular flexibility index (Phi) is 8.56. The summed E-state index contributed by atoms with van der Waals surface area (Å²) in [5, 5.41) is 0.322. The van der Waals surface area contributed by atoms with Crippen molar-refractivity contribution in [3.05, 3.63) is 28.8 Å². The number of anilines is 1. The van der Waals surface area contributed by atoms with Crippen molar-refractivity contribution in [2.24, 2.45) is 0 Å². The van der Waals surface area contributed by atoms with Crippen molar-refractivity contribution in [1.82, 2.24) is 4.90 Å². The fourth-order valence-corrected chi connectivity index (χ4v) is 1.85. The maximum Gasteiger partial charge on any atom is 0.339 e. The van der Waals surface area contributed by atoms with E-state index >= 15 is 0 Å². The molecule has 1 rings (SSSR count). The molecule has 0 aromatic heterocycles. The van der Waals surface area contributed by atoms with Crippen LogP contribution < -0.4 is 5.73 Å². The predicted molar refractivity (Wildman–Crippen MR) is 81.2 cm³/mol. The Labute approximate surface area is 125 Å². The summed E-state index contributed by atoms with van der Waals surface area (Å²) in [6, 6.07) is 4.76. The standard InChI is InChI=1S/C13H19ClN2O2.ClH/c1-3-16(4-2)7-8-18-13(17)11-6-5-10(15)9-12(11)14;/h5-6,9H,3-4,7-8,15H2,1-2H3;1H. The zero-order valence-corrected chi connectivity index (χ0v) is 12.8. The molecule has 108 valence electrons. The molecule has 0 saturated carbocycles. The van der Waals surface area contributed by atoms with E-state index in [1.807, 2.05) is 0 Å². The fourth-order valence-electron chi connectivity index (χ4n) is 1.58. The highest BCUT2D eigenvalue weighted by Gasteiger charge is 2.12. The van der Waals surface area contributed by atoms with Crippen LogP contribution in [0.5, 0.6) is 0 Å². The lowest BCUT2D eigenvalue weighted by Gasteiger charge is -2.17. The fraction of sp³-hybridized carbons (Fsp3) is 0.462. The number of carbonyl (C=O) groups is 1. The monoisotopic (exact) mass is 306 g/mol. The van der Waals surface area contributed by atoms with E-state index in [9.17, 15) is 4.79 Å². The third kappa shape index (κ3) is 5.68. The lowest BCUT2D eigenvalue weighted by atomic mass is 10.2. The molecule has 0 heterocycles. The van der Waals surface area contributed by atoms with Gasteiger partial charge < -0.3 is 15.4 Å². The Morgan fingerprint density at radius 2 is 2.00 bits per heavy atom. The van der Waals surface area contributed by atoms with Crippen molar-refractivity contribution >= 4 is 35.7 Å². The first-order valence-corrected chi connectivity index (χ1v) is 6.40. The van der Waals surface area contributed by atoms with Crippen molar-refractivity contribution in [2.75, 3.05) is 32.0 Å². The van der Waals surface area contributed by atoms with Gasteiger partial charge in [-0.05, 0) is 31.3 Å². The third-order valence-corrected chi connectivity index (χ3v) is 3.06. The number of hydrogen-bond acceptors (Lipinski definition) is 4. The number of rotatable bonds is 6. The van der Waals surface area contributed by atoms with Crippen LogP contribution in [0, 0.1) is 0 Å². The Bertz CT molecular complexity index is 410. The highest BCUT2D eigenvalue weighted by molar-refractivity contribution is 6.33. The van der Waals surface area contributed by atoms with Crippen molar-refractivity contribution < 1.29 is 9.53 Å². The summed E-state index contributed by atoms with van der Waals surface area (Å²) in [4.78, 5) is 13.9. The van der Waals surface area contributed by atoms with Gasteiger partial charge in [0.25, 0.3) is 0 Å². The summed E-state index contributed by atoms with van der Waals surface area (Å²) in [5.41, 5.74) is 6.44. The van der Waals surface area contributed by atoms with Crippen LogP contribution in [0.1, 0.15) is 24.2 Å². The van der Waals surface area contributed by atoms with Crippen LogP contribution >= 0.6 is 24.0 Å². The molecule has 19 heavy (non-hydrogen) atoms. The van der Waals surface area contributed by atoms with E-state index in [0.29, 0.717) is 22.9 Å². The van der Waals surface area contributed by atoms with Crippen LogP contribution in [-0.2, 0) is 4.74 Å². The van der Waals surface area contributed by atoms with Crippen LogP contribution in [0.25, 0.3) is 0 Å². The number of nitrogens with two attached hydrogens (primary N) is 1. The Morgan fingerprint density at radius 3 is 2.53 bits per heavy atom. The van der Waals surface area contributed by atoms with Crippen molar-refractivity contribution in [1.29, 1.82) is 0 Å². The van der Waals surface area contributed by atoms with Gasteiger partial charge in [0, 0.05) is 12.2 Å². The van der Waals surface area contributed by atoms with Gasteiger partial charge in [-0.3, -0.25) is 0 Å². The number of benzene rings is 1. The second-order valence-corrected chi connectivity index (χ2v) is 4.31. The van der Waals surface area contributed by atoms with Crippen LogP contribution in [0.3, 0.4) is 0 Å². The molecule has 0 aliphatic carbocycles. The van der Waals surface area contributed by atoms with Crippen LogP contribution in [0.4, 0.5) is 5.69 Å². The van der Waals surface area contributed by atoms with Gasteiger partial charge >= 0.3 is 5.97 Å². The number of nitrogen functional groups attached to an aromatic ring is 1. The molecular weight excluding hydrogens is 287 g/mol. The number of esters is 1. The molecule has 0 saturated heterocycles. The summed E-state index contributed by atoms with van der Waals surface area (Å²) >= 11 is 5.93. The van der Waals surface area contributed by atoms with E-state index in [4.69, 9.17) is 22.1 Å². The highest BCUT2D eigenvalue weighted by atomic mass is 35.5. The van der Waals surface area contributed by atoms with Gasteiger partial charge in [-0.2, -0.15) is 0 Å². The van der Waals surface area contributed by atoms with Gasteiger partial charge in [-0.1, -0.05) is 25.4 Å². The van der Waals surface area contributed by atoms with Crippen molar-refractivity contribution in [2.45, 2.75) is 13.8 Å². The number of ether oxygens (including phenoxy) is 1. The Balaban J connectivity index is 0.00000324. The van der Waals surface area contributed by atoms with Gasteiger partial charge in [0.1, 0.15) is 6.61 Å². The molecular formula is C13H20Cl2N2O2. The van der Waals surface area contributed by atoms with E-state index in [1.165, 1.54) is 0 Å². The third-order valence-electron chi connectivity index (χ3n) is 2.75. The maximum atomic E-state index is 11.8. The predicted octanol–water partition coefficient (Wildman–Crippen LogP) is 2.84. The van der Waals surface area contributed by atoms with Crippen molar-refractivity contribution in [3.63, 3.8) is 0 Å². The first kappa shape index (κ1) is 18.0. The molecule has 4 nitrogen and oxygen atoms in total. The van der Waals surface area contributed by atoms with E-state index in [0.717, 1.165) is 19.6 Å². The summed E-state index contributed by atoms with van der Waals surface area (Å²) in [7, 11) is 0. The first-order valence-electron chi connectivity index (χ1n) is 6.03. The van der Waals surface area contributed by atoms with E-state index < -0.39 is 5.97 Å². The van der Waals surface area contributed by atoms with Crippen LogP contribution in [0.15, 0.2) is 18.2 Å². The van der Waals surface area contributed by atoms with Crippen molar-refractivity contribution in [3.8, 4) is 0 Å². The molecule has 6 heteroatoms. The summed E-state index contributed by atoms with van der Waals surface area (Å²) in [6.45, 7) is 7.12. The molecule has 0 atom stereocenters. The number of nitrogens with zero attached hydrogens (tertiary/aromatic N) is 1. The summed E-state index contributed by atoms with van der Waals surface area (Å²) in [6.07, 6.45) is 0. The normalized spacial score (nSPS) is 10.1. The number of halogens is 2. The van der Waals surface area contributed by atoms with E-state index in [1.54, 1.807) is 18.2 Å². The second-order valence-electron chi connectivity index (χ2n) is 3.90. The summed E-state index contributed by atoms with van der Waals surface area (Å²) in [5.74, 6) is -0.410. The molecule has 0 aliphatic rings. The Hall–Kier alpha value is -0.970. The average Bonchev–Trinajstić information content (AvgIpc) is 2.34. The topological polar surface area (TPSA) is 55.6 Å². The molecule has 0 radical (unpaired) electrons. The van der Waals surface area contributed by atoms with Crippen LogP contribution in [-0.4, -0.2) is 37.1 Å². The quantitative estimate of drug-likeness (QED) is 0.648. The lowest BCUT2D eigenvalue weighted by molar-refractivity contribution is 0.0466. The molecule has 0 aliphatic heterocycles. The second kappa shape index (κ2) is 9.02. The van der Waals surface area contributed by atoms with E-state index in [-0.39, 0.29) is 12.4 Å². The lowest BCUT2D eigenvalue weighted by Crippen LogP contribution is -2.27. The molecule has 1 aromatic rings. The Morgan fingerprint density at radius 1 is 1.37 bits per heavy atom. The van der Waals surface area contributed by atoms with Gasteiger partial charge in [-0.15, -0.1) is 12.4 Å². The SMILES string of the molecule is CCN(CC)CCOC(=O)c1ccc(N)cc1Cl.Cl. The maximum absolute atomic E-state index is 11.8.